The number of rotatable bonds is 12. The summed E-state index contributed by atoms with van der Waals surface area (Å²) < 4.78 is 14.7. The van der Waals surface area contributed by atoms with Gasteiger partial charge in [-0.3, -0.25) is 9.13 Å². The largest absolute Gasteiger partial charge is 0.476 e. The van der Waals surface area contributed by atoms with Gasteiger partial charge >= 0.3 is 11.7 Å². The van der Waals surface area contributed by atoms with Gasteiger partial charge in [-0.05, 0) is 68.9 Å². The van der Waals surface area contributed by atoms with Crippen molar-refractivity contribution in [1.29, 1.82) is 0 Å². The zero-order valence-electron chi connectivity index (χ0n) is 22.4. The van der Waals surface area contributed by atoms with Crippen molar-refractivity contribution >= 4 is 5.97 Å². The molecule has 0 saturated heterocycles. The van der Waals surface area contributed by atoms with Crippen molar-refractivity contribution in [2.75, 3.05) is 6.61 Å². The fraction of sp³-hybridized carbons (Fsp3) is 0.312. The highest BCUT2D eigenvalue weighted by atomic mass is 16.6. The predicted octanol–water partition coefficient (Wildman–Crippen LogP) is 5.64. The minimum absolute atomic E-state index is 0.0124. The van der Waals surface area contributed by atoms with Gasteiger partial charge in [0.25, 0.3) is 0 Å². The second kappa shape index (κ2) is 12.5. The molecule has 0 aliphatic rings. The lowest BCUT2D eigenvalue weighted by Gasteiger charge is -2.24. The van der Waals surface area contributed by atoms with Crippen LogP contribution in [-0.2, 0) is 35.5 Å². The predicted molar refractivity (Wildman–Crippen MR) is 150 cm³/mol. The average Bonchev–Trinajstić information content (AvgIpc) is 3.20. The maximum absolute atomic E-state index is 13.4. The molecule has 6 nitrogen and oxygen atoms in total. The molecule has 38 heavy (non-hydrogen) atoms. The third-order valence-corrected chi connectivity index (χ3v) is 6.47. The van der Waals surface area contributed by atoms with Crippen LogP contribution in [0.5, 0.6) is 5.75 Å². The normalized spacial score (nSPS) is 11.3. The van der Waals surface area contributed by atoms with Crippen molar-refractivity contribution in [3.05, 3.63) is 124 Å². The fourth-order valence-corrected chi connectivity index (χ4v) is 4.45. The van der Waals surface area contributed by atoms with E-state index in [1.54, 1.807) is 20.8 Å². The average molecular weight is 513 g/mol. The van der Waals surface area contributed by atoms with Crippen molar-refractivity contribution in [1.82, 2.24) is 9.13 Å². The second-order valence-corrected chi connectivity index (χ2v) is 9.92. The number of aryl methyl sites for hydroxylation is 2. The van der Waals surface area contributed by atoms with Gasteiger partial charge in [0.15, 0.2) is 5.60 Å². The summed E-state index contributed by atoms with van der Waals surface area (Å²) in [6.07, 6.45) is 4.56. The summed E-state index contributed by atoms with van der Waals surface area (Å²) in [5, 5.41) is 0. The minimum atomic E-state index is -1.05. The first-order chi connectivity index (χ1) is 18.4. The van der Waals surface area contributed by atoms with Crippen LogP contribution in [0.15, 0.2) is 95.9 Å². The fourth-order valence-electron chi connectivity index (χ4n) is 4.45. The van der Waals surface area contributed by atoms with Crippen LogP contribution >= 0.6 is 0 Å². The van der Waals surface area contributed by atoms with Crippen molar-refractivity contribution in [2.45, 2.75) is 58.7 Å². The summed E-state index contributed by atoms with van der Waals surface area (Å²) in [5.74, 6) is 0.242. The molecule has 3 aromatic carbocycles. The lowest BCUT2D eigenvalue weighted by atomic mass is 10.1. The van der Waals surface area contributed by atoms with Crippen LogP contribution < -0.4 is 10.4 Å². The number of benzene rings is 3. The van der Waals surface area contributed by atoms with Crippen molar-refractivity contribution < 1.29 is 14.3 Å². The Hall–Kier alpha value is -4.06. The molecular formula is C32H36N2O4. The molecule has 0 saturated carbocycles. The molecule has 1 aromatic heterocycles. The standard InChI is InChI=1S/C32H36N2O4/c1-4-37-30(35)32(2,3)38-29-20-18-25(19-21-29)16-11-17-28-24-33(22-26-12-7-5-8-13-26)31(36)34(28)23-27-14-9-6-10-15-27/h5-10,12-15,18-21,24H,4,11,16-17,22-23H2,1-3H3. The van der Waals surface area contributed by atoms with E-state index in [0.717, 1.165) is 36.1 Å². The first kappa shape index (κ1) is 27.0. The summed E-state index contributed by atoms with van der Waals surface area (Å²) in [6.45, 7) is 6.62. The smallest absolute Gasteiger partial charge is 0.349 e. The van der Waals surface area contributed by atoms with E-state index < -0.39 is 5.60 Å². The Labute approximate surface area is 224 Å². The lowest BCUT2D eigenvalue weighted by Crippen LogP contribution is -2.39. The Balaban J connectivity index is 1.43. The highest BCUT2D eigenvalue weighted by Crippen LogP contribution is 2.21. The van der Waals surface area contributed by atoms with Crippen LogP contribution in [0.1, 0.15) is 49.6 Å². The molecule has 0 fully saturated rings. The monoisotopic (exact) mass is 512 g/mol. The number of carbonyl (C=O) groups is 1. The molecule has 0 unspecified atom stereocenters. The molecule has 4 aromatic rings. The highest BCUT2D eigenvalue weighted by Gasteiger charge is 2.31. The van der Waals surface area contributed by atoms with Crippen LogP contribution in [0.3, 0.4) is 0 Å². The van der Waals surface area contributed by atoms with Gasteiger partial charge in [0.1, 0.15) is 5.75 Å². The van der Waals surface area contributed by atoms with Gasteiger partial charge < -0.3 is 9.47 Å². The molecule has 0 spiro atoms. The Kier molecular flexibility index (Phi) is 8.85. The first-order valence-corrected chi connectivity index (χ1v) is 13.2. The Morgan fingerprint density at radius 3 is 2.00 bits per heavy atom. The van der Waals surface area contributed by atoms with Crippen LogP contribution in [-0.4, -0.2) is 27.3 Å². The maximum Gasteiger partial charge on any atom is 0.349 e. The number of imidazole rings is 1. The summed E-state index contributed by atoms with van der Waals surface area (Å²) in [7, 11) is 0. The molecule has 0 amide bonds. The van der Waals surface area contributed by atoms with E-state index in [-0.39, 0.29) is 11.7 Å². The van der Waals surface area contributed by atoms with Gasteiger partial charge in [-0.1, -0.05) is 72.8 Å². The molecule has 0 aliphatic carbocycles. The number of aromatic nitrogens is 2. The number of ether oxygens (including phenoxy) is 2. The molecule has 1 heterocycles. The van der Waals surface area contributed by atoms with Crippen LogP contribution in [0.25, 0.3) is 0 Å². The molecule has 6 heteroatoms. The summed E-state index contributed by atoms with van der Waals surface area (Å²) in [5.41, 5.74) is 3.38. The van der Waals surface area contributed by atoms with E-state index in [9.17, 15) is 9.59 Å². The van der Waals surface area contributed by atoms with Gasteiger partial charge in [-0.2, -0.15) is 0 Å². The molecule has 0 aliphatic heterocycles. The quantitative estimate of drug-likeness (QED) is 0.230. The lowest BCUT2D eigenvalue weighted by molar-refractivity contribution is -0.158. The maximum atomic E-state index is 13.4. The van der Waals surface area contributed by atoms with Gasteiger partial charge in [-0.15, -0.1) is 0 Å². The minimum Gasteiger partial charge on any atom is -0.476 e. The number of hydrogen-bond acceptors (Lipinski definition) is 4. The van der Waals surface area contributed by atoms with Crippen LogP contribution in [0, 0.1) is 0 Å². The third kappa shape index (κ3) is 7.03. The summed E-state index contributed by atoms with van der Waals surface area (Å²) in [4.78, 5) is 25.5. The molecule has 0 radical (unpaired) electrons. The molecule has 4 rings (SSSR count). The van der Waals surface area contributed by atoms with Crippen LogP contribution in [0.2, 0.25) is 0 Å². The molecule has 0 bridgehead atoms. The van der Waals surface area contributed by atoms with Gasteiger partial charge in [-0.25, -0.2) is 9.59 Å². The van der Waals surface area contributed by atoms with Crippen molar-refractivity contribution in [3.8, 4) is 5.75 Å². The van der Waals surface area contributed by atoms with E-state index in [0.29, 0.717) is 25.4 Å². The van der Waals surface area contributed by atoms with E-state index in [4.69, 9.17) is 9.47 Å². The third-order valence-electron chi connectivity index (χ3n) is 6.47. The number of hydrogen-bond donors (Lipinski definition) is 0. The van der Waals surface area contributed by atoms with Gasteiger partial charge in [0.2, 0.25) is 0 Å². The summed E-state index contributed by atoms with van der Waals surface area (Å²) in [6, 6.07) is 28.0. The van der Waals surface area contributed by atoms with Crippen molar-refractivity contribution in [3.63, 3.8) is 0 Å². The molecule has 0 atom stereocenters. The number of nitrogens with zero attached hydrogens (tertiary/aromatic N) is 2. The zero-order chi connectivity index (χ0) is 27.0. The Morgan fingerprint density at radius 1 is 0.789 bits per heavy atom. The Morgan fingerprint density at radius 2 is 1.39 bits per heavy atom. The van der Waals surface area contributed by atoms with E-state index in [1.165, 1.54) is 5.56 Å². The Bertz CT molecular complexity index is 1370. The van der Waals surface area contributed by atoms with Gasteiger partial charge in [0, 0.05) is 11.9 Å². The number of carbonyl (C=O) groups excluding carboxylic acids is 1. The zero-order valence-corrected chi connectivity index (χ0v) is 22.4. The highest BCUT2D eigenvalue weighted by molar-refractivity contribution is 5.79. The first-order valence-electron chi connectivity index (χ1n) is 13.2. The van der Waals surface area contributed by atoms with Crippen molar-refractivity contribution in [2.24, 2.45) is 0 Å². The van der Waals surface area contributed by atoms with E-state index in [1.807, 2.05) is 88.1 Å². The molecule has 198 valence electrons. The van der Waals surface area contributed by atoms with Crippen LogP contribution in [0.4, 0.5) is 0 Å². The SMILES string of the molecule is CCOC(=O)C(C)(C)Oc1ccc(CCCc2cn(Cc3ccccc3)c(=O)n2Cc2ccccc2)cc1. The van der Waals surface area contributed by atoms with E-state index >= 15 is 0 Å². The summed E-state index contributed by atoms with van der Waals surface area (Å²) >= 11 is 0. The number of esters is 1. The topological polar surface area (TPSA) is 62.5 Å². The molecule has 0 N–H and O–H groups in total. The van der Waals surface area contributed by atoms with Gasteiger partial charge in [0.05, 0.1) is 19.7 Å². The second-order valence-electron chi connectivity index (χ2n) is 9.92. The van der Waals surface area contributed by atoms with E-state index in [2.05, 4.69) is 12.1 Å². The molecular weight excluding hydrogens is 476 g/mol.